The highest BCUT2D eigenvalue weighted by atomic mass is 79.9. The second-order valence-corrected chi connectivity index (χ2v) is 5.10. The average molecular weight is 351 g/mol. The zero-order chi connectivity index (χ0) is 14.0. The molecule has 1 N–H and O–H groups in total. The summed E-state index contributed by atoms with van der Waals surface area (Å²) in [6, 6.07) is 6.55. The quantitative estimate of drug-likeness (QED) is 0.809. The zero-order valence-electron chi connectivity index (χ0n) is 9.48. The molecule has 0 bridgehead atoms. The number of hydrogen-bond donors (Lipinski definition) is 1. The summed E-state index contributed by atoms with van der Waals surface area (Å²) in [6.07, 6.45) is 0. The third kappa shape index (κ3) is 3.22. The largest absolute Gasteiger partial charge is 0.376 e. The molecule has 19 heavy (non-hydrogen) atoms. The summed E-state index contributed by atoms with van der Waals surface area (Å²) < 4.78 is 40.6. The smallest absolute Gasteiger partial charge is 0.150 e. The van der Waals surface area contributed by atoms with Crippen LogP contribution in [0.3, 0.4) is 0 Å². The Balaban J connectivity index is 2.22. The molecule has 0 radical (unpaired) electrons. The fourth-order valence-electron chi connectivity index (χ4n) is 1.58. The van der Waals surface area contributed by atoms with Crippen molar-refractivity contribution in [3.63, 3.8) is 0 Å². The van der Waals surface area contributed by atoms with Crippen LogP contribution in [0.2, 0.25) is 5.02 Å². The summed E-state index contributed by atoms with van der Waals surface area (Å²) in [4.78, 5) is 0. The molecule has 0 aromatic heterocycles. The lowest BCUT2D eigenvalue weighted by molar-refractivity contribution is 0.586. The molecule has 2 rings (SSSR count). The molecule has 2 aromatic carbocycles. The van der Waals surface area contributed by atoms with Crippen molar-refractivity contribution in [2.24, 2.45) is 0 Å². The van der Waals surface area contributed by atoms with E-state index in [4.69, 9.17) is 11.6 Å². The average Bonchev–Trinajstić information content (AvgIpc) is 2.33. The number of nitrogens with one attached hydrogen (secondary N) is 1. The van der Waals surface area contributed by atoms with Crippen molar-refractivity contribution >= 4 is 33.2 Å². The van der Waals surface area contributed by atoms with Gasteiger partial charge in [0.1, 0.15) is 23.1 Å². The van der Waals surface area contributed by atoms with E-state index in [1.807, 2.05) is 0 Å². The zero-order valence-corrected chi connectivity index (χ0v) is 11.8. The summed E-state index contributed by atoms with van der Waals surface area (Å²) in [5, 5.41) is 2.51. The highest BCUT2D eigenvalue weighted by Crippen LogP contribution is 2.26. The van der Waals surface area contributed by atoms with Gasteiger partial charge in [-0.2, -0.15) is 0 Å². The van der Waals surface area contributed by atoms with E-state index >= 15 is 0 Å². The fourth-order valence-corrected chi connectivity index (χ4v) is 2.17. The molecule has 100 valence electrons. The minimum atomic E-state index is -0.737. The topological polar surface area (TPSA) is 12.0 Å². The van der Waals surface area contributed by atoms with Crippen molar-refractivity contribution in [1.29, 1.82) is 0 Å². The molecule has 0 atom stereocenters. The molecule has 1 nitrogen and oxygen atoms in total. The Hall–Kier alpha value is -1.20. The molecule has 0 heterocycles. The number of benzene rings is 2. The van der Waals surface area contributed by atoms with Crippen LogP contribution in [0.1, 0.15) is 5.56 Å². The normalized spacial score (nSPS) is 10.6. The van der Waals surface area contributed by atoms with E-state index in [0.29, 0.717) is 10.0 Å². The summed E-state index contributed by atoms with van der Waals surface area (Å²) in [7, 11) is 0. The summed E-state index contributed by atoms with van der Waals surface area (Å²) >= 11 is 8.74. The van der Waals surface area contributed by atoms with Crippen molar-refractivity contribution in [2.45, 2.75) is 6.54 Å². The third-order valence-corrected chi connectivity index (χ3v) is 3.38. The molecule has 0 spiro atoms. The van der Waals surface area contributed by atoms with Crippen LogP contribution in [0.15, 0.2) is 34.8 Å². The Morgan fingerprint density at radius 3 is 2.32 bits per heavy atom. The molecule has 0 saturated carbocycles. The van der Waals surface area contributed by atoms with Gasteiger partial charge in [-0.3, -0.25) is 0 Å². The molecule has 2 aromatic rings. The summed E-state index contributed by atoms with van der Waals surface area (Å²) in [5.41, 5.74) is 0.145. The summed E-state index contributed by atoms with van der Waals surface area (Å²) in [6.45, 7) is 0.0199. The van der Waals surface area contributed by atoms with Crippen LogP contribution in [0, 0.1) is 17.5 Å². The second-order valence-electron chi connectivity index (χ2n) is 3.81. The molecule has 0 unspecified atom stereocenters. The van der Waals surface area contributed by atoms with Crippen molar-refractivity contribution in [3.05, 3.63) is 62.8 Å². The van der Waals surface area contributed by atoms with Crippen molar-refractivity contribution in [2.75, 3.05) is 5.32 Å². The van der Waals surface area contributed by atoms with E-state index in [2.05, 4.69) is 21.2 Å². The van der Waals surface area contributed by atoms with Crippen molar-refractivity contribution < 1.29 is 13.2 Å². The number of halogens is 5. The minimum Gasteiger partial charge on any atom is -0.376 e. The monoisotopic (exact) mass is 349 g/mol. The van der Waals surface area contributed by atoms with Crippen LogP contribution < -0.4 is 5.32 Å². The molecular weight excluding hydrogens is 343 g/mol. The number of rotatable bonds is 3. The molecule has 0 amide bonds. The summed E-state index contributed by atoms with van der Waals surface area (Å²) in [5.74, 6) is -2.04. The van der Waals surface area contributed by atoms with Crippen molar-refractivity contribution in [3.8, 4) is 0 Å². The van der Waals surface area contributed by atoms with E-state index < -0.39 is 17.5 Å². The van der Waals surface area contributed by atoms with Gasteiger partial charge in [0.15, 0.2) is 0 Å². The van der Waals surface area contributed by atoms with E-state index in [1.54, 1.807) is 6.07 Å². The Bertz CT molecular complexity index is 596. The van der Waals surface area contributed by atoms with Crippen LogP contribution >= 0.6 is 27.5 Å². The van der Waals surface area contributed by atoms with Gasteiger partial charge in [-0.05, 0) is 23.8 Å². The predicted molar refractivity (Wildman–Crippen MR) is 72.8 cm³/mol. The second kappa shape index (κ2) is 5.84. The maximum Gasteiger partial charge on any atom is 0.150 e. The molecule has 0 saturated heterocycles. The first kappa shape index (κ1) is 14.2. The van der Waals surface area contributed by atoms with E-state index in [0.717, 1.165) is 12.1 Å². The van der Waals surface area contributed by atoms with Crippen LogP contribution in [0.25, 0.3) is 0 Å². The molecule has 0 aliphatic heterocycles. The van der Waals surface area contributed by atoms with Crippen LogP contribution in [-0.2, 0) is 6.54 Å². The Kier molecular flexibility index (Phi) is 4.37. The molecule has 6 heteroatoms. The minimum absolute atomic E-state index is 0.0199. The SMILES string of the molecule is Fc1cccc(CNc2c(F)cc(Br)cc2F)c1Cl. The van der Waals surface area contributed by atoms with E-state index in [-0.39, 0.29) is 17.3 Å². The fraction of sp³-hybridized carbons (Fsp3) is 0.0769. The Morgan fingerprint density at radius 2 is 1.68 bits per heavy atom. The van der Waals surface area contributed by atoms with Gasteiger partial charge in [0.2, 0.25) is 0 Å². The first-order valence-corrected chi connectivity index (χ1v) is 6.47. The lowest BCUT2D eigenvalue weighted by atomic mass is 10.2. The van der Waals surface area contributed by atoms with Gasteiger partial charge in [-0.1, -0.05) is 39.7 Å². The lowest BCUT2D eigenvalue weighted by Gasteiger charge is -2.10. The highest BCUT2D eigenvalue weighted by molar-refractivity contribution is 9.10. The molecule has 0 fully saturated rings. The first-order valence-electron chi connectivity index (χ1n) is 5.30. The van der Waals surface area contributed by atoms with Gasteiger partial charge >= 0.3 is 0 Å². The predicted octanol–water partition coefficient (Wildman–Crippen LogP) is 5.13. The highest BCUT2D eigenvalue weighted by Gasteiger charge is 2.11. The maximum atomic E-state index is 13.6. The van der Waals surface area contributed by atoms with Crippen LogP contribution in [0.4, 0.5) is 18.9 Å². The van der Waals surface area contributed by atoms with Crippen LogP contribution in [0.5, 0.6) is 0 Å². The first-order chi connectivity index (χ1) is 8.99. The van der Waals surface area contributed by atoms with Gasteiger partial charge in [0, 0.05) is 11.0 Å². The van der Waals surface area contributed by atoms with Gasteiger partial charge in [0.05, 0.1) is 5.02 Å². The molecule has 0 aliphatic rings. The van der Waals surface area contributed by atoms with Crippen LogP contribution in [-0.4, -0.2) is 0 Å². The number of anilines is 1. The van der Waals surface area contributed by atoms with Gasteiger partial charge < -0.3 is 5.32 Å². The van der Waals surface area contributed by atoms with Gasteiger partial charge in [0.25, 0.3) is 0 Å². The maximum absolute atomic E-state index is 13.6. The standard InChI is InChI=1S/C13H8BrClF3N/c14-8-4-10(17)13(11(18)5-8)19-6-7-2-1-3-9(16)12(7)15/h1-5,19H,6H2. The van der Waals surface area contributed by atoms with Crippen molar-refractivity contribution in [1.82, 2.24) is 0 Å². The van der Waals surface area contributed by atoms with E-state index in [9.17, 15) is 13.2 Å². The number of hydrogen-bond acceptors (Lipinski definition) is 1. The Morgan fingerprint density at radius 1 is 1.05 bits per heavy atom. The van der Waals surface area contributed by atoms with Gasteiger partial charge in [-0.25, -0.2) is 13.2 Å². The molecule has 0 aliphatic carbocycles. The van der Waals surface area contributed by atoms with Gasteiger partial charge in [-0.15, -0.1) is 0 Å². The lowest BCUT2D eigenvalue weighted by Crippen LogP contribution is -2.05. The molecular formula is C13H8BrClF3N. The third-order valence-electron chi connectivity index (χ3n) is 2.49. The van der Waals surface area contributed by atoms with E-state index in [1.165, 1.54) is 12.1 Å². The Labute approximate surface area is 121 Å².